The van der Waals surface area contributed by atoms with Gasteiger partial charge in [0.15, 0.2) is 0 Å². The van der Waals surface area contributed by atoms with Crippen LogP contribution >= 0.6 is 0 Å². The first kappa shape index (κ1) is 14.4. The molecule has 2 aliphatic heterocycles. The van der Waals surface area contributed by atoms with Gasteiger partial charge in [0.25, 0.3) is 0 Å². The minimum atomic E-state index is 0.315. The Morgan fingerprint density at radius 1 is 1.05 bits per heavy atom. The van der Waals surface area contributed by atoms with Crippen LogP contribution in [0, 0.1) is 11.8 Å². The SMILES string of the molecule is CC1CCCCCC1NC(=O)CC1CC2CCC(C1)N2. The molecule has 1 aliphatic carbocycles. The Morgan fingerprint density at radius 2 is 1.75 bits per heavy atom. The van der Waals surface area contributed by atoms with Gasteiger partial charge in [0.05, 0.1) is 0 Å². The van der Waals surface area contributed by atoms with Crippen molar-refractivity contribution >= 4 is 5.91 Å². The van der Waals surface area contributed by atoms with Gasteiger partial charge in [-0.2, -0.15) is 0 Å². The minimum Gasteiger partial charge on any atom is -0.353 e. The average molecular weight is 278 g/mol. The molecule has 3 fully saturated rings. The highest BCUT2D eigenvalue weighted by Gasteiger charge is 2.34. The second kappa shape index (κ2) is 6.46. The lowest BCUT2D eigenvalue weighted by Gasteiger charge is -2.30. The number of hydrogen-bond donors (Lipinski definition) is 2. The molecule has 0 aromatic rings. The van der Waals surface area contributed by atoms with E-state index in [1.54, 1.807) is 0 Å². The van der Waals surface area contributed by atoms with E-state index in [1.165, 1.54) is 57.8 Å². The Kier molecular flexibility index (Phi) is 4.65. The quantitative estimate of drug-likeness (QED) is 0.779. The summed E-state index contributed by atoms with van der Waals surface area (Å²) in [5, 5.41) is 7.01. The van der Waals surface area contributed by atoms with Gasteiger partial charge in [-0.05, 0) is 50.4 Å². The zero-order chi connectivity index (χ0) is 13.9. The van der Waals surface area contributed by atoms with Gasteiger partial charge in [-0.25, -0.2) is 0 Å². The van der Waals surface area contributed by atoms with Crippen LogP contribution in [0.1, 0.15) is 71.1 Å². The normalized spacial score (nSPS) is 41.1. The fourth-order valence-electron chi connectivity index (χ4n) is 4.58. The van der Waals surface area contributed by atoms with E-state index in [0.29, 0.717) is 35.9 Å². The highest BCUT2D eigenvalue weighted by molar-refractivity contribution is 5.76. The summed E-state index contributed by atoms with van der Waals surface area (Å²) in [5.41, 5.74) is 0. The molecule has 3 aliphatic rings. The third-order valence-corrected chi connectivity index (χ3v) is 5.75. The van der Waals surface area contributed by atoms with E-state index in [0.717, 1.165) is 6.42 Å². The molecule has 1 amide bonds. The van der Waals surface area contributed by atoms with Crippen LogP contribution in [0.3, 0.4) is 0 Å². The predicted molar refractivity (Wildman–Crippen MR) is 81.5 cm³/mol. The van der Waals surface area contributed by atoms with Crippen molar-refractivity contribution in [1.82, 2.24) is 10.6 Å². The Bertz CT molecular complexity index is 332. The van der Waals surface area contributed by atoms with Crippen molar-refractivity contribution in [2.75, 3.05) is 0 Å². The molecule has 2 saturated heterocycles. The molecule has 0 radical (unpaired) electrons. The Balaban J connectivity index is 1.46. The molecule has 4 unspecified atom stereocenters. The number of nitrogens with one attached hydrogen (secondary N) is 2. The predicted octanol–water partition coefficient (Wildman–Crippen LogP) is 2.99. The molecule has 20 heavy (non-hydrogen) atoms. The van der Waals surface area contributed by atoms with Gasteiger partial charge in [-0.15, -0.1) is 0 Å². The molecule has 1 saturated carbocycles. The summed E-state index contributed by atoms with van der Waals surface area (Å²) in [6.07, 6.45) is 12.3. The van der Waals surface area contributed by atoms with E-state index >= 15 is 0 Å². The minimum absolute atomic E-state index is 0.315. The van der Waals surface area contributed by atoms with Gasteiger partial charge in [-0.1, -0.05) is 26.2 Å². The molecular formula is C17H30N2O. The number of hydrogen-bond acceptors (Lipinski definition) is 2. The van der Waals surface area contributed by atoms with E-state index in [2.05, 4.69) is 17.6 Å². The first-order valence-electron chi connectivity index (χ1n) is 8.76. The second-order valence-electron chi connectivity index (χ2n) is 7.47. The molecule has 2 heterocycles. The lowest BCUT2D eigenvalue weighted by atomic mass is 9.89. The lowest BCUT2D eigenvalue weighted by Crippen LogP contribution is -2.42. The van der Waals surface area contributed by atoms with Gasteiger partial charge >= 0.3 is 0 Å². The van der Waals surface area contributed by atoms with Crippen molar-refractivity contribution in [3.05, 3.63) is 0 Å². The molecule has 3 heteroatoms. The van der Waals surface area contributed by atoms with Crippen LogP contribution in [0.2, 0.25) is 0 Å². The smallest absolute Gasteiger partial charge is 0.220 e. The molecule has 0 aromatic heterocycles. The van der Waals surface area contributed by atoms with Crippen molar-refractivity contribution in [2.45, 2.75) is 89.3 Å². The summed E-state index contributed by atoms with van der Waals surface area (Å²) in [5.74, 6) is 1.59. The van der Waals surface area contributed by atoms with Gasteiger partial charge in [-0.3, -0.25) is 4.79 Å². The van der Waals surface area contributed by atoms with Crippen LogP contribution in [-0.2, 0) is 4.79 Å². The summed E-state index contributed by atoms with van der Waals surface area (Å²) < 4.78 is 0. The number of amides is 1. The summed E-state index contributed by atoms with van der Waals surface area (Å²) >= 11 is 0. The van der Waals surface area contributed by atoms with Crippen molar-refractivity contribution in [1.29, 1.82) is 0 Å². The van der Waals surface area contributed by atoms with Crippen LogP contribution in [0.4, 0.5) is 0 Å². The monoisotopic (exact) mass is 278 g/mol. The van der Waals surface area contributed by atoms with Crippen LogP contribution in [-0.4, -0.2) is 24.0 Å². The van der Waals surface area contributed by atoms with E-state index in [4.69, 9.17) is 0 Å². The molecule has 2 bridgehead atoms. The highest BCUT2D eigenvalue weighted by atomic mass is 16.1. The number of rotatable bonds is 3. The fraction of sp³-hybridized carbons (Fsp3) is 0.941. The highest BCUT2D eigenvalue weighted by Crippen LogP contribution is 2.32. The largest absolute Gasteiger partial charge is 0.353 e. The van der Waals surface area contributed by atoms with Crippen molar-refractivity contribution in [3.63, 3.8) is 0 Å². The molecule has 2 N–H and O–H groups in total. The molecule has 0 aromatic carbocycles. The van der Waals surface area contributed by atoms with Crippen molar-refractivity contribution < 1.29 is 4.79 Å². The van der Waals surface area contributed by atoms with Crippen LogP contribution < -0.4 is 10.6 Å². The van der Waals surface area contributed by atoms with Gasteiger partial charge in [0, 0.05) is 24.5 Å². The molecule has 4 atom stereocenters. The summed E-state index contributed by atoms with van der Waals surface area (Å²) in [6.45, 7) is 2.31. The molecule has 114 valence electrons. The molecule has 3 nitrogen and oxygen atoms in total. The molecule has 0 spiro atoms. The zero-order valence-corrected chi connectivity index (χ0v) is 12.9. The number of carbonyl (C=O) groups is 1. The van der Waals surface area contributed by atoms with E-state index < -0.39 is 0 Å². The second-order valence-corrected chi connectivity index (χ2v) is 7.47. The molecular weight excluding hydrogens is 248 g/mol. The lowest BCUT2D eigenvalue weighted by molar-refractivity contribution is -0.123. The maximum Gasteiger partial charge on any atom is 0.220 e. The summed E-state index contributed by atoms with van der Waals surface area (Å²) in [6, 6.07) is 1.83. The van der Waals surface area contributed by atoms with E-state index in [-0.39, 0.29) is 0 Å². The summed E-state index contributed by atoms with van der Waals surface area (Å²) in [7, 11) is 0. The van der Waals surface area contributed by atoms with Gasteiger partial charge in [0.2, 0.25) is 5.91 Å². The Labute approximate surface area is 123 Å². The van der Waals surface area contributed by atoms with Crippen molar-refractivity contribution in [2.24, 2.45) is 11.8 Å². The van der Waals surface area contributed by atoms with Crippen LogP contribution in [0.15, 0.2) is 0 Å². The summed E-state index contributed by atoms with van der Waals surface area (Å²) in [4.78, 5) is 12.3. The maximum atomic E-state index is 12.3. The van der Waals surface area contributed by atoms with E-state index in [1.807, 2.05) is 0 Å². The van der Waals surface area contributed by atoms with E-state index in [9.17, 15) is 4.79 Å². The average Bonchev–Trinajstić information content (AvgIpc) is 2.62. The number of carbonyl (C=O) groups excluding carboxylic acids is 1. The zero-order valence-electron chi connectivity index (χ0n) is 12.9. The number of piperidine rings is 1. The maximum absolute atomic E-state index is 12.3. The van der Waals surface area contributed by atoms with Crippen LogP contribution in [0.5, 0.6) is 0 Å². The third kappa shape index (κ3) is 3.55. The topological polar surface area (TPSA) is 41.1 Å². The Morgan fingerprint density at radius 3 is 2.50 bits per heavy atom. The first-order valence-corrected chi connectivity index (χ1v) is 8.76. The number of fused-ring (bicyclic) bond motifs is 2. The fourth-order valence-corrected chi connectivity index (χ4v) is 4.58. The third-order valence-electron chi connectivity index (χ3n) is 5.75. The standard InChI is InChI=1S/C17H30N2O/c1-12-5-3-2-4-6-16(12)19-17(20)11-13-9-14-7-8-15(10-13)18-14/h12-16,18H,2-11H2,1H3,(H,19,20). The first-order chi connectivity index (χ1) is 9.70. The van der Waals surface area contributed by atoms with Gasteiger partial charge < -0.3 is 10.6 Å². The van der Waals surface area contributed by atoms with Crippen LogP contribution in [0.25, 0.3) is 0 Å². The van der Waals surface area contributed by atoms with Gasteiger partial charge in [0.1, 0.15) is 0 Å². The Hall–Kier alpha value is -0.570. The molecule has 3 rings (SSSR count). The van der Waals surface area contributed by atoms with Crippen molar-refractivity contribution in [3.8, 4) is 0 Å².